The number of amides is 1. The number of carbonyl (C=O) groups excluding carboxylic acids is 2. The van der Waals surface area contributed by atoms with Crippen molar-refractivity contribution in [2.75, 3.05) is 11.9 Å². The first kappa shape index (κ1) is 17.4. The fraction of sp³-hybridized carbons (Fsp3) is 0.235. The molecule has 6 nitrogen and oxygen atoms in total. The van der Waals surface area contributed by atoms with Crippen LogP contribution < -0.4 is 5.32 Å². The van der Waals surface area contributed by atoms with E-state index in [1.807, 2.05) is 14.0 Å². The maximum Gasteiger partial charge on any atom is 0.348 e. The fourth-order valence-corrected chi connectivity index (χ4v) is 3.63. The predicted molar refractivity (Wildman–Crippen MR) is 98.4 cm³/mol. The first-order valence-electron chi connectivity index (χ1n) is 7.52. The average Bonchev–Trinajstić information content (AvgIpc) is 3.12. The van der Waals surface area contributed by atoms with Gasteiger partial charge in [-0.25, -0.2) is 4.79 Å². The predicted octanol–water partition coefficient (Wildman–Crippen LogP) is 3.70. The largest absolute Gasteiger partial charge is 0.451 e. The summed E-state index contributed by atoms with van der Waals surface area (Å²) in [4.78, 5) is 25.5. The van der Waals surface area contributed by atoms with Gasteiger partial charge in [0.25, 0.3) is 5.91 Å². The lowest BCUT2D eigenvalue weighted by atomic mass is 10.2. The molecule has 1 amide bonds. The summed E-state index contributed by atoms with van der Waals surface area (Å²) in [6.07, 6.45) is 0. The lowest BCUT2D eigenvalue weighted by molar-refractivity contribution is -0.119. The Bertz CT molecular complexity index is 943. The van der Waals surface area contributed by atoms with E-state index in [2.05, 4.69) is 10.4 Å². The molecule has 0 unspecified atom stereocenters. The van der Waals surface area contributed by atoms with Crippen LogP contribution in [0.4, 0.5) is 5.69 Å². The van der Waals surface area contributed by atoms with Gasteiger partial charge in [0.1, 0.15) is 9.71 Å². The van der Waals surface area contributed by atoms with Crippen molar-refractivity contribution in [2.24, 2.45) is 7.05 Å². The maximum atomic E-state index is 12.2. The molecule has 1 aromatic carbocycles. The minimum absolute atomic E-state index is 0.365. The number of aryl methyl sites for hydroxylation is 2. The van der Waals surface area contributed by atoms with Gasteiger partial charge in [-0.3, -0.25) is 9.48 Å². The molecule has 130 valence electrons. The van der Waals surface area contributed by atoms with Crippen LogP contribution in [0.25, 0.3) is 10.2 Å². The molecular formula is C17H16ClN3O3S. The highest BCUT2D eigenvalue weighted by molar-refractivity contribution is 7.20. The summed E-state index contributed by atoms with van der Waals surface area (Å²) >= 11 is 7.31. The number of benzene rings is 1. The van der Waals surface area contributed by atoms with Crippen molar-refractivity contribution in [3.63, 3.8) is 0 Å². The van der Waals surface area contributed by atoms with Crippen LogP contribution in [0.2, 0.25) is 5.02 Å². The zero-order valence-corrected chi connectivity index (χ0v) is 15.5. The van der Waals surface area contributed by atoms with Crippen molar-refractivity contribution in [3.05, 3.63) is 45.4 Å². The molecule has 0 fully saturated rings. The molecule has 0 radical (unpaired) electrons. The Morgan fingerprint density at radius 2 is 2.12 bits per heavy atom. The summed E-state index contributed by atoms with van der Waals surface area (Å²) in [7, 11) is 1.82. The zero-order valence-electron chi connectivity index (χ0n) is 13.9. The molecule has 3 rings (SSSR count). The SMILES string of the molecule is Cc1c(Cl)cccc1NC(=O)COC(=O)c1cc2c(C)nn(C)c2s1. The van der Waals surface area contributed by atoms with Gasteiger partial charge in [-0.05, 0) is 37.6 Å². The molecule has 0 saturated heterocycles. The second-order valence-corrected chi connectivity index (χ2v) is 7.01. The van der Waals surface area contributed by atoms with Gasteiger partial charge in [0.05, 0.1) is 5.69 Å². The highest BCUT2D eigenvalue weighted by atomic mass is 35.5. The van der Waals surface area contributed by atoms with E-state index in [-0.39, 0.29) is 6.61 Å². The third-order valence-electron chi connectivity index (χ3n) is 3.77. The molecule has 2 aromatic heterocycles. The van der Waals surface area contributed by atoms with E-state index in [9.17, 15) is 9.59 Å². The second-order valence-electron chi connectivity index (χ2n) is 5.58. The van der Waals surface area contributed by atoms with Crippen molar-refractivity contribution in [1.29, 1.82) is 0 Å². The van der Waals surface area contributed by atoms with Crippen molar-refractivity contribution in [3.8, 4) is 0 Å². The molecule has 0 spiro atoms. The molecule has 0 bridgehead atoms. The van der Waals surface area contributed by atoms with E-state index in [1.165, 1.54) is 11.3 Å². The molecule has 8 heteroatoms. The van der Waals surface area contributed by atoms with E-state index in [0.717, 1.165) is 21.5 Å². The van der Waals surface area contributed by atoms with E-state index in [1.54, 1.807) is 35.9 Å². The van der Waals surface area contributed by atoms with Gasteiger partial charge in [-0.15, -0.1) is 11.3 Å². The van der Waals surface area contributed by atoms with Gasteiger partial charge >= 0.3 is 5.97 Å². The minimum Gasteiger partial charge on any atom is -0.451 e. The number of aromatic nitrogens is 2. The van der Waals surface area contributed by atoms with Gasteiger partial charge in [-0.2, -0.15) is 5.10 Å². The molecule has 2 heterocycles. The molecular weight excluding hydrogens is 362 g/mol. The monoisotopic (exact) mass is 377 g/mol. The number of thiophene rings is 1. The lowest BCUT2D eigenvalue weighted by Gasteiger charge is -2.09. The fourth-order valence-electron chi connectivity index (χ4n) is 2.44. The second kappa shape index (κ2) is 6.85. The Morgan fingerprint density at radius 1 is 1.36 bits per heavy atom. The van der Waals surface area contributed by atoms with Gasteiger partial charge in [-0.1, -0.05) is 17.7 Å². The lowest BCUT2D eigenvalue weighted by Crippen LogP contribution is -2.21. The quantitative estimate of drug-likeness (QED) is 0.703. The molecule has 0 atom stereocenters. The number of fused-ring (bicyclic) bond motifs is 1. The molecule has 25 heavy (non-hydrogen) atoms. The number of nitrogens with zero attached hydrogens (tertiary/aromatic N) is 2. The van der Waals surface area contributed by atoms with Crippen LogP contribution in [-0.2, 0) is 16.6 Å². The number of halogens is 1. The van der Waals surface area contributed by atoms with Crippen LogP contribution in [0, 0.1) is 13.8 Å². The Balaban J connectivity index is 1.64. The van der Waals surface area contributed by atoms with Gasteiger partial charge in [0.2, 0.25) is 0 Å². The molecule has 3 aromatic rings. The summed E-state index contributed by atoms with van der Waals surface area (Å²) in [6, 6.07) is 6.96. The van der Waals surface area contributed by atoms with Crippen molar-refractivity contribution in [2.45, 2.75) is 13.8 Å². The van der Waals surface area contributed by atoms with Crippen LogP contribution in [-0.4, -0.2) is 28.3 Å². The molecule has 0 saturated carbocycles. The number of carbonyl (C=O) groups is 2. The first-order valence-corrected chi connectivity index (χ1v) is 8.71. The highest BCUT2D eigenvalue weighted by Gasteiger charge is 2.17. The normalized spacial score (nSPS) is 10.9. The topological polar surface area (TPSA) is 73.2 Å². The number of ether oxygens (including phenoxy) is 1. The van der Waals surface area contributed by atoms with E-state index < -0.39 is 11.9 Å². The molecule has 0 aliphatic rings. The molecule has 0 aliphatic carbocycles. The first-order chi connectivity index (χ1) is 11.9. The van der Waals surface area contributed by atoms with E-state index in [0.29, 0.717) is 15.6 Å². The maximum absolute atomic E-state index is 12.2. The van der Waals surface area contributed by atoms with Crippen LogP contribution >= 0.6 is 22.9 Å². The van der Waals surface area contributed by atoms with Crippen molar-refractivity contribution >= 4 is 50.7 Å². The number of rotatable bonds is 4. The Hall–Kier alpha value is -2.38. The Kier molecular flexibility index (Phi) is 4.78. The van der Waals surface area contributed by atoms with Crippen LogP contribution in [0.5, 0.6) is 0 Å². The summed E-state index contributed by atoms with van der Waals surface area (Å²) in [5, 5.41) is 8.45. The third kappa shape index (κ3) is 3.52. The summed E-state index contributed by atoms with van der Waals surface area (Å²) < 4.78 is 6.83. The molecule has 1 N–H and O–H groups in total. The number of anilines is 1. The Morgan fingerprint density at radius 3 is 2.84 bits per heavy atom. The summed E-state index contributed by atoms with van der Waals surface area (Å²) in [6.45, 7) is 3.32. The Labute approximate surface area is 153 Å². The zero-order chi connectivity index (χ0) is 18.1. The van der Waals surface area contributed by atoms with E-state index in [4.69, 9.17) is 16.3 Å². The van der Waals surface area contributed by atoms with Crippen LogP contribution in [0.1, 0.15) is 20.9 Å². The summed E-state index contributed by atoms with van der Waals surface area (Å²) in [5.74, 6) is -0.948. The average molecular weight is 378 g/mol. The third-order valence-corrected chi connectivity index (χ3v) is 5.36. The minimum atomic E-state index is -0.529. The van der Waals surface area contributed by atoms with Crippen LogP contribution in [0.3, 0.4) is 0 Å². The van der Waals surface area contributed by atoms with E-state index >= 15 is 0 Å². The number of hydrogen-bond acceptors (Lipinski definition) is 5. The van der Waals surface area contributed by atoms with Gasteiger partial charge in [0.15, 0.2) is 6.61 Å². The van der Waals surface area contributed by atoms with Crippen molar-refractivity contribution < 1.29 is 14.3 Å². The number of esters is 1. The highest BCUT2D eigenvalue weighted by Crippen LogP contribution is 2.28. The smallest absolute Gasteiger partial charge is 0.348 e. The standard InChI is InChI=1S/C17H16ClN3O3S/c1-9-12(18)5-4-6-13(9)19-15(22)8-24-17(23)14-7-11-10(2)20-21(3)16(11)25-14/h4-7H,8H2,1-3H3,(H,19,22). The van der Waals surface area contributed by atoms with Gasteiger partial charge < -0.3 is 10.1 Å². The number of hydrogen-bond donors (Lipinski definition) is 1. The molecule has 0 aliphatic heterocycles. The van der Waals surface area contributed by atoms with Crippen LogP contribution in [0.15, 0.2) is 24.3 Å². The summed E-state index contributed by atoms with van der Waals surface area (Å²) in [5.41, 5.74) is 2.20. The number of nitrogens with one attached hydrogen (secondary N) is 1. The van der Waals surface area contributed by atoms with Gasteiger partial charge in [0, 0.05) is 23.1 Å². The van der Waals surface area contributed by atoms with Crippen molar-refractivity contribution in [1.82, 2.24) is 9.78 Å².